The summed E-state index contributed by atoms with van der Waals surface area (Å²) in [5.74, 6) is -0.935. The Labute approximate surface area is 425 Å². The van der Waals surface area contributed by atoms with E-state index in [1.54, 1.807) is 6.92 Å². The van der Waals surface area contributed by atoms with E-state index >= 15 is 0 Å². The summed E-state index contributed by atoms with van der Waals surface area (Å²) in [5, 5.41) is 102. The molecule has 4 amide bonds. The van der Waals surface area contributed by atoms with Crippen molar-refractivity contribution in [1.82, 2.24) is 21.3 Å². The highest BCUT2D eigenvalue weighted by Gasteiger charge is 2.44. The average Bonchev–Trinajstić information content (AvgIpc) is 3.34. The maximum absolute atomic E-state index is 13.8. The zero-order chi connectivity index (χ0) is 53.4. The Bertz CT molecular complexity index is 1480. The third kappa shape index (κ3) is 22.3. The molecule has 13 N–H and O–H groups in total. The number of ether oxygens (including phenoxy) is 6. The highest BCUT2D eigenvalue weighted by molar-refractivity contribution is 8.13. The summed E-state index contributed by atoms with van der Waals surface area (Å²) in [4.78, 5) is 64.9. The van der Waals surface area contributed by atoms with Crippen LogP contribution in [0.25, 0.3) is 0 Å². The number of carbonyl (C=O) groups is 5. The van der Waals surface area contributed by atoms with Gasteiger partial charge in [0, 0.05) is 63.5 Å². The lowest BCUT2D eigenvalue weighted by molar-refractivity contribution is -0.292. The molecule has 0 aliphatic carbocycles. The maximum atomic E-state index is 13.8. The summed E-state index contributed by atoms with van der Waals surface area (Å²) >= 11 is 1.33. The smallest absolute Gasteiger partial charge is 0.220 e. The molecule has 0 aromatic carbocycles. The van der Waals surface area contributed by atoms with E-state index in [2.05, 4.69) is 21.3 Å². The molecule has 3 aliphatic heterocycles. The second-order valence-electron chi connectivity index (χ2n) is 19.0. The van der Waals surface area contributed by atoms with E-state index in [1.807, 2.05) is 0 Å². The summed E-state index contributed by atoms with van der Waals surface area (Å²) in [7, 11) is 0. The summed E-state index contributed by atoms with van der Waals surface area (Å²) < 4.78 is 32.9. The Balaban J connectivity index is 1.66. The van der Waals surface area contributed by atoms with Gasteiger partial charge in [-0.2, -0.15) is 0 Å². The summed E-state index contributed by atoms with van der Waals surface area (Å²) in [6.45, 7) is 5.51. The van der Waals surface area contributed by atoms with Gasteiger partial charge < -0.3 is 95.6 Å². The molecule has 0 bridgehead atoms. The quantitative estimate of drug-likeness (QED) is 0.0312. The van der Waals surface area contributed by atoms with Crippen LogP contribution >= 0.6 is 11.8 Å². The zero-order valence-electron chi connectivity index (χ0n) is 42.1. The lowest BCUT2D eigenvalue weighted by Crippen LogP contribution is -2.57. The van der Waals surface area contributed by atoms with Crippen molar-refractivity contribution in [3.63, 3.8) is 0 Å². The van der Waals surface area contributed by atoms with Crippen molar-refractivity contribution in [3.8, 4) is 0 Å². The Morgan fingerprint density at radius 2 is 0.764 bits per heavy atom. The topological polar surface area (TPSA) is 371 Å². The van der Waals surface area contributed by atoms with Crippen LogP contribution in [0.15, 0.2) is 0 Å². The van der Waals surface area contributed by atoms with Gasteiger partial charge in [-0.3, -0.25) is 24.0 Å². The summed E-state index contributed by atoms with van der Waals surface area (Å²) in [6.07, 6.45) is -12.5. The molecule has 24 nitrogen and oxygen atoms in total. The molecule has 3 saturated heterocycles. The van der Waals surface area contributed by atoms with E-state index in [9.17, 15) is 69.9 Å². The van der Waals surface area contributed by atoms with Crippen molar-refractivity contribution < 1.29 is 98.4 Å². The fourth-order valence-corrected chi connectivity index (χ4v) is 9.09. The Hall–Kier alpha value is -2.70. The molecule has 0 saturated carbocycles. The van der Waals surface area contributed by atoms with E-state index < -0.39 is 115 Å². The van der Waals surface area contributed by atoms with Gasteiger partial charge in [0.15, 0.2) is 24.0 Å². The van der Waals surface area contributed by atoms with Crippen LogP contribution < -0.4 is 21.3 Å². The molecule has 3 heterocycles. The molecule has 72 heavy (non-hydrogen) atoms. The standard InChI is InChI=1S/C47H84N4O20S/c1-27-35(57)38(60)41(63)44(69-27)66-23-20-48-31(53)14-17-47(51-34(56)13-11-9-7-5-6-8-10-12-26-72-30(4)52,18-15-32(54)49-21-24-67-45-42(64)39(61)36(58)28(2)70-45)19-16-33(55)50-22-25-68-46-43(65)40(62)37(59)29(3)71-46/h27-29,35-46,57-65H,5-26H2,1-4H3,(H,48,53)(H,49,54)(H,50,55)(H,51,56)/t27-,28-,29-,35+,36+,37+,38+,39+,40+,41-,42-,43-,44+,45+,46+/m1/s1. The Kier molecular flexibility index (Phi) is 29.5. The van der Waals surface area contributed by atoms with Gasteiger partial charge in [-0.1, -0.05) is 50.3 Å². The second kappa shape index (κ2) is 33.4. The molecule has 3 rings (SSSR count). The number of rotatable bonds is 33. The molecular weight excluding hydrogens is 973 g/mol. The molecule has 25 heteroatoms. The second-order valence-corrected chi connectivity index (χ2v) is 20.2. The van der Waals surface area contributed by atoms with E-state index in [1.165, 1.54) is 32.5 Å². The van der Waals surface area contributed by atoms with Crippen LogP contribution in [-0.4, -0.2) is 218 Å². The van der Waals surface area contributed by atoms with Crippen LogP contribution in [0.3, 0.4) is 0 Å². The van der Waals surface area contributed by atoms with E-state index in [0.717, 1.165) is 50.7 Å². The lowest BCUT2D eigenvalue weighted by Gasteiger charge is -2.39. The minimum Gasteiger partial charge on any atom is -0.388 e. The molecule has 418 valence electrons. The summed E-state index contributed by atoms with van der Waals surface area (Å²) in [6, 6.07) is 0. The van der Waals surface area contributed by atoms with Gasteiger partial charge >= 0.3 is 0 Å². The molecule has 0 spiro atoms. The molecule has 0 aromatic rings. The van der Waals surface area contributed by atoms with Crippen molar-refractivity contribution in [3.05, 3.63) is 0 Å². The van der Waals surface area contributed by atoms with Crippen molar-refractivity contribution in [2.45, 2.75) is 222 Å². The highest BCUT2D eigenvalue weighted by atomic mass is 32.2. The summed E-state index contributed by atoms with van der Waals surface area (Å²) in [5.41, 5.74) is -1.28. The first kappa shape index (κ1) is 63.6. The van der Waals surface area contributed by atoms with Gasteiger partial charge in [0.2, 0.25) is 23.6 Å². The fraction of sp³-hybridized carbons (Fsp3) is 0.894. The van der Waals surface area contributed by atoms with Gasteiger partial charge in [-0.25, -0.2) is 0 Å². The normalized spacial score (nSPS) is 30.9. The first-order valence-electron chi connectivity index (χ1n) is 25.3. The lowest BCUT2D eigenvalue weighted by atomic mass is 9.82. The molecule has 3 fully saturated rings. The van der Waals surface area contributed by atoms with Crippen molar-refractivity contribution >= 4 is 40.5 Å². The first-order valence-corrected chi connectivity index (χ1v) is 26.3. The Morgan fingerprint density at radius 3 is 1.10 bits per heavy atom. The van der Waals surface area contributed by atoms with Gasteiger partial charge in [0.1, 0.15) is 54.9 Å². The number of thioether (sulfide) groups is 1. The minimum atomic E-state index is -1.54. The maximum Gasteiger partial charge on any atom is 0.220 e. The number of unbranched alkanes of at least 4 members (excludes halogenated alkanes) is 7. The van der Waals surface area contributed by atoms with Crippen LogP contribution in [0.2, 0.25) is 0 Å². The predicted molar refractivity (Wildman–Crippen MR) is 257 cm³/mol. The van der Waals surface area contributed by atoms with Crippen molar-refractivity contribution in [1.29, 1.82) is 0 Å². The van der Waals surface area contributed by atoms with Crippen molar-refractivity contribution in [2.24, 2.45) is 0 Å². The number of aliphatic hydroxyl groups excluding tert-OH is 9. The number of carbonyl (C=O) groups excluding carboxylic acids is 5. The SMILES string of the molecule is CC(=O)SCCCCCCCCCCC(=O)NC(CCC(=O)NCCO[C@H]1O[C@H](C)[C@H](O)[C@H](O)[C@H]1O)(CCC(=O)NCCO[C@H]1O[C@H](C)[C@H](O)[C@H](O)[C@H]1O)CCC(=O)NCCO[C@H]1O[C@H](C)[C@H](O)[C@H](O)[C@H]1O. The molecule has 3 aliphatic rings. The average molecular weight is 1060 g/mol. The molecule has 15 atom stereocenters. The number of hydrogen-bond acceptors (Lipinski definition) is 21. The van der Waals surface area contributed by atoms with Crippen LogP contribution in [0.5, 0.6) is 0 Å². The van der Waals surface area contributed by atoms with Gasteiger partial charge in [-0.05, 0) is 52.9 Å². The first-order chi connectivity index (χ1) is 34.2. The molecule has 0 radical (unpaired) electrons. The highest BCUT2D eigenvalue weighted by Crippen LogP contribution is 2.28. The van der Waals surface area contributed by atoms with Crippen LogP contribution in [0.4, 0.5) is 0 Å². The van der Waals surface area contributed by atoms with E-state index in [4.69, 9.17) is 28.4 Å². The van der Waals surface area contributed by atoms with E-state index in [0.29, 0.717) is 6.42 Å². The number of hydrogen-bond donors (Lipinski definition) is 13. The molecule has 0 unspecified atom stereocenters. The molecular formula is C47H84N4O20S. The van der Waals surface area contributed by atoms with Gasteiger partial charge in [0.05, 0.1) is 38.1 Å². The predicted octanol–water partition coefficient (Wildman–Crippen LogP) is -2.15. The largest absolute Gasteiger partial charge is 0.388 e. The monoisotopic (exact) mass is 1060 g/mol. The zero-order valence-corrected chi connectivity index (χ0v) is 43.0. The third-order valence-corrected chi connectivity index (χ3v) is 13.9. The number of aliphatic hydroxyl groups is 9. The van der Waals surface area contributed by atoms with Gasteiger partial charge in [-0.15, -0.1) is 0 Å². The Morgan fingerprint density at radius 1 is 0.444 bits per heavy atom. The van der Waals surface area contributed by atoms with Gasteiger partial charge in [0.25, 0.3) is 0 Å². The van der Waals surface area contributed by atoms with Crippen LogP contribution in [-0.2, 0) is 52.4 Å². The van der Waals surface area contributed by atoms with Crippen LogP contribution in [0, 0.1) is 0 Å². The minimum absolute atomic E-state index is 0.0122. The fourth-order valence-electron chi connectivity index (χ4n) is 8.46. The number of amides is 4. The number of nitrogens with one attached hydrogen (secondary N) is 4. The van der Waals surface area contributed by atoms with E-state index in [-0.39, 0.29) is 95.4 Å². The third-order valence-electron chi connectivity index (χ3n) is 13.0. The van der Waals surface area contributed by atoms with Crippen molar-refractivity contribution in [2.75, 3.05) is 45.2 Å². The van der Waals surface area contributed by atoms with Crippen LogP contribution in [0.1, 0.15) is 124 Å². The molecule has 0 aromatic heterocycles.